The van der Waals surface area contributed by atoms with Crippen LogP contribution < -0.4 is 20.8 Å². The van der Waals surface area contributed by atoms with E-state index in [-0.39, 0.29) is 39.8 Å². The molecule has 0 fully saturated rings. The number of nitrogens with two attached hydrogens (primary N) is 1. The second-order valence-corrected chi connectivity index (χ2v) is 9.60. The smallest absolute Gasteiger partial charge is 0.297 e. The summed E-state index contributed by atoms with van der Waals surface area (Å²) in [5.74, 6) is -1.07. The average molecular weight is 524 g/mol. The summed E-state index contributed by atoms with van der Waals surface area (Å²) < 4.78 is 11.2. The first-order valence-corrected chi connectivity index (χ1v) is 11.9. The molecule has 2 amide bonds. The van der Waals surface area contributed by atoms with Gasteiger partial charge in [-0.3, -0.25) is 24.1 Å². The maximum Gasteiger partial charge on any atom is 0.297 e. The van der Waals surface area contributed by atoms with Gasteiger partial charge in [0, 0.05) is 11.9 Å². The third-order valence-electron chi connectivity index (χ3n) is 5.72. The summed E-state index contributed by atoms with van der Waals surface area (Å²) in [5.41, 5.74) is 6.15. The summed E-state index contributed by atoms with van der Waals surface area (Å²) >= 11 is 7.19. The van der Waals surface area contributed by atoms with E-state index in [0.717, 1.165) is 11.3 Å². The predicted molar refractivity (Wildman–Crippen MR) is 134 cm³/mol. The van der Waals surface area contributed by atoms with E-state index in [2.05, 4.69) is 4.98 Å². The SMILES string of the molecule is CC(=O)c1sc(N2C(=O)c3oc4ccc(Cl)cc4c(=O)c3C2c2ccc(OCC(N)=O)cc2)nc1C. The second kappa shape index (κ2) is 8.89. The molecular weight excluding hydrogens is 506 g/mol. The fourth-order valence-electron chi connectivity index (χ4n) is 4.17. The van der Waals surface area contributed by atoms with Crippen LogP contribution in [-0.2, 0) is 4.79 Å². The summed E-state index contributed by atoms with van der Waals surface area (Å²) in [5, 5.41) is 0.849. The number of amides is 2. The van der Waals surface area contributed by atoms with Crippen LogP contribution in [0.3, 0.4) is 0 Å². The van der Waals surface area contributed by atoms with Crippen molar-refractivity contribution in [3.63, 3.8) is 0 Å². The van der Waals surface area contributed by atoms with Crippen molar-refractivity contribution in [1.82, 2.24) is 4.98 Å². The van der Waals surface area contributed by atoms with Crippen LogP contribution in [0.2, 0.25) is 5.02 Å². The van der Waals surface area contributed by atoms with Gasteiger partial charge in [0.2, 0.25) is 5.76 Å². The lowest BCUT2D eigenvalue weighted by Crippen LogP contribution is -2.29. The average Bonchev–Trinajstić information content (AvgIpc) is 3.36. The van der Waals surface area contributed by atoms with Crippen LogP contribution in [0.1, 0.15) is 50.0 Å². The van der Waals surface area contributed by atoms with Gasteiger partial charge in [0.25, 0.3) is 11.8 Å². The lowest BCUT2D eigenvalue weighted by molar-refractivity contribution is -0.119. The molecule has 2 N–H and O–H groups in total. The Morgan fingerprint density at radius 3 is 2.56 bits per heavy atom. The highest BCUT2D eigenvalue weighted by atomic mass is 35.5. The third kappa shape index (κ3) is 3.94. The number of benzene rings is 2. The van der Waals surface area contributed by atoms with E-state index in [1.807, 2.05) is 0 Å². The number of carbonyl (C=O) groups excluding carboxylic acids is 3. The van der Waals surface area contributed by atoms with Crippen LogP contribution >= 0.6 is 22.9 Å². The monoisotopic (exact) mass is 523 g/mol. The molecule has 9 nitrogen and oxygen atoms in total. The van der Waals surface area contributed by atoms with E-state index in [9.17, 15) is 19.2 Å². The van der Waals surface area contributed by atoms with E-state index >= 15 is 0 Å². The summed E-state index contributed by atoms with van der Waals surface area (Å²) in [6.07, 6.45) is 0. The summed E-state index contributed by atoms with van der Waals surface area (Å²) in [6, 6.07) is 10.3. The molecule has 182 valence electrons. The highest BCUT2D eigenvalue weighted by Gasteiger charge is 2.45. The molecule has 0 aliphatic carbocycles. The zero-order chi connectivity index (χ0) is 25.7. The number of aryl methyl sites for hydroxylation is 1. The topological polar surface area (TPSA) is 133 Å². The molecule has 3 heterocycles. The number of hydrogen-bond acceptors (Lipinski definition) is 8. The van der Waals surface area contributed by atoms with Crippen molar-refractivity contribution in [3.8, 4) is 5.75 Å². The molecule has 1 aliphatic heterocycles. The molecule has 2 aromatic carbocycles. The van der Waals surface area contributed by atoms with Gasteiger partial charge in [-0.1, -0.05) is 35.1 Å². The van der Waals surface area contributed by atoms with Gasteiger partial charge in [-0.2, -0.15) is 0 Å². The first kappa shape index (κ1) is 23.7. The van der Waals surface area contributed by atoms with E-state index < -0.39 is 23.3 Å². The van der Waals surface area contributed by atoms with Gasteiger partial charge >= 0.3 is 0 Å². The fourth-order valence-corrected chi connectivity index (χ4v) is 5.33. The van der Waals surface area contributed by atoms with Crippen LogP contribution in [-0.4, -0.2) is 29.2 Å². The molecule has 1 aliphatic rings. The Labute approximate surface area is 213 Å². The van der Waals surface area contributed by atoms with Crippen molar-refractivity contribution in [2.45, 2.75) is 19.9 Å². The zero-order valence-corrected chi connectivity index (χ0v) is 20.6. The minimum absolute atomic E-state index is 0.105. The number of Topliss-reactive ketones (excluding diaryl/α,β-unsaturated/α-hetero) is 1. The molecule has 0 saturated carbocycles. The fraction of sp³-hybridized carbons (Fsp3) is 0.160. The first-order valence-electron chi connectivity index (χ1n) is 10.7. The number of thiazole rings is 1. The van der Waals surface area contributed by atoms with Gasteiger partial charge in [-0.15, -0.1) is 0 Å². The van der Waals surface area contributed by atoms with Crippen molar-refractivity contribution >= 4 is 56.6 Å². The van der Waals surface area contributed by atoms with Gasteiger partial charge in [0.1, 0.15) is 11.3 Å². The Balaban J connectivity index is 1.71. The lowest BCUT2D eigenvalue weighted by Gasteiger charge is -2.22. The third-order valence-corrected chi connectivity index (χ3v) is 7.21. The van der Waals surface area contributed by atoms with Gasteiger partial charge in [0.05, 0.1) is 27.6 Å². The predicted octanol–water partition coefficient (Wildman–Crippen LogP) is 4.03. The molecule has 4 aromatic rings. The number of ether oxygens (including phenoxy) is 1. The van der Waals surface area contributed by atoms with Crippen LogP contribution in [0.4, 0.5) is 5.13 Å². The number of anilines is 1. The molecule has 36 heavy (non-hydrogen) atoms. The summed E-state index contributed by atoms with van der Waals surface area (Å²) in [6.45, 7) is 2.82. The van der Waals surface area contributed by atoms with Crippen molar-refractivity contribution in [2.75, 3.05) is 11.5 Å². The number of fused-ring (bicyclic) bond motifs is 2. The number of aromatic nitrogens is 1. The minimum Gasteiger partial charge on any atom is -0.484 e. The van der Waals surface area contributed by atoms with Crippen molar-refractivity contribution in [1.29, 1.82) is 0 Å². The van der Waals surface area contributed by atoms with Gasteiger partial charge in [-0.25, -0.2) is 4.98 Å². The van der Waals surface area contributed by atoms with Gasteiger partial charge in [-0.05, 0) is 42.8 Å². The Morgan fingerprint density at radius 1 is 1.19 bits per heavy atom. The number of carbonyl (C=O) groups is 3. The number of nitrogens with zero attached hydrogens (tertiary/aromatic N) is 2. The van der Waals surface area contributed by atoms with E-state index in [1.165, 1.54) is 24.0 Å². The molecule has 1 unspecified atom stereocenters. The van der Waals surface area contributed by atoms with Crippen LogP contribution in [0, 0.1) is 6.92 Å². The minimum atomic E-state index is -0.886. The number of rotatable bonds is 6. The number of hydrogen-bond donors (Lipinski definition) is 1. The van der Waals surface area contributed by atoms with Crippen molar-refractivity contribution < 1.29 is 23.5 Å². The maximum atomic E-state index is 13.7. The Hall–Kier alpha value is -4.02. The Bertz CT molecular complexity index is 1630. The van der Waals surface area contributed by atoms with E-state index in [4.69, 9.17) is 26.5 Å². The van der Waals surface area contributed by atoms with Crippen LogP contribution in [0.25, 0.3) is 11.0 Å². The number of halogens is 1. The molecule has 0 spiro atoms. The largest absolute Gasteiger partial charge is 0.484 e. The molecule has 0 bridgehead atoms. The molecular formula is C25H18ClN3O6S. The highest BCUT2D eigenvalue weighted by Crippen LogP contribution is 2.43. The Morgan fingerprint density at radius 2 is 1.92 bits per heavy atom. The van der Waals surface area contributed by atoms with Gasteiger partial charge < -0.3 is 14.9 Å². The number of ketones is 1. The summed E-state index contributed by atoms with van der Waals surface area (Å²) in [7, 11) is 0. The molecule has 0 saturated heterocycles. The van der Waals surface area contributed by atoms with Crippen molar-refractivity contribution in [3.05, 3.63) is 85.2 Å². The summed E-state index contributed by atoms with van der Waals surface area (Å²) in [4.78, 5) is 56.7. The van der Waals surface area contributed by atoms with E-state index in [0.29, 0.717) is 26.9 Å². The maximum absolute atomic E-state index is 13.7. The van der Waals surface area contributed by atoms with Gasteiger partial charge in [0.15, 0.2) is 23.0 Å². The number of primary amides is 1. The highest BCUT2D eigenvalue weighted by molar-refractivity contribution is 7.17. The second-order valence-electron chi connectivity index (χ2n) is 8.18. The zero-order valence-electron chi connectivity index (χ0n) is 19.0. The standard InChI is InChI=1S/C25H18ClN3O6S/c1-11-23(12(2)30)36-25(28-11)29-20(13-3-6-15(7-4-13)34-10-18(27)31)19-21(32)16-9-14(26)5-8-17(16)35-22(19)24(29)33/h3-9,20H,10H2,1-2H3,(H2,27,31). The molecule has 5 rings (SSSR count). The quantitative estimate of drug-likeness (QED) is 0.377. The van der Waals surface area contributed by atoms with E-state index in [1.54, 1.807) is 37.3 Å². The van der Waals surface area contributed by atoms with Crippen LogP contribution in [0.5, 0.6) is 5.75 Å². The molecule has 0 radical (unpaired) electrons. The molecule has 1 atom stereocenters. The molecule has 11 heteroatoms. The Kier molecular flexibility index (Phi) is 5.85. The normalized spacial score (nSPS) is 14.8. The first-order chi connectivity index (χ1) is 17.2. The van der Waals surface area contributed by atoms with Crippen molar-refractivity contribution in [2.24, 2.45) is 5.73 Å². The lowest BCUT2D eigenvalue weighted by atomic mass is 9.98. The van der Waals surface area contributed by atoms with Crippen LogP contribution in [0.15, 0.2) is 51.7 Å². The molecule has 2 aromatic heterocycles.